The van der Waals surface area contributed by atoms with Crippen LogP contribution in [0.4, 0.5) is 0 Å². The molecule has 1 aromatic carbocycles. The maximum absolute atomic E-state index is 5.57. The molecule has 0 saturated carbocycles. The van der Waals surface area contributed by atoms with E-state index >= 15 is 0 Å². The maximum atomic E-state index is 5.57. The summed E-state index contributed by atoms with van der Waals surface area (Å²) in [6, 6.07) is 5.37. The number of nitrogens with zero attached hydrogens (tertiary/aromatic N) is 2. The number of fused-ring (bicyclic) bond motifs is 1. The third-order valence-electron chi connectivity index (χ3n) is 2.75. The third-order valence-corrected chi connectivity index (χ3v) is 2.75. The van der Waals surface area contributed by atoms with Crippen molar-refractivity contribution in [3.63, 3.8) is 0 Å². The average molecular weight is 278 g/mol. The van der Waals surface area contributed by atoms with E-state index in [9.17, 15) is 0 Å². The predicted molar refractivity (Wildman–Crippen MR) is 66.8 cm³/mol. The van der Waals surface area contributed by atoms with Gasteiger partial charge in [-0.2, -0.15) is 4.98 Å². The largest absolute Gasteiger partial charge is 0.484 e. The van der Waals surface area contributed by atoms with Crippen molar-refractivity contribution in [3.05, 3.63) is 29.9 Å². The van der Waals surface area contributed by atoms with Gasteiger partial charge in [0.1, 0.15) is 5.75 Å². The van der Waals surface area contributed by atoms with Gasteiger partial charge < -0.3 is 23.5 Å². The molecule has 0 saturated heterocycles. The van der Waals surface area contributed by atoms with Crippen molar-refractivity contribution >= 4 is 0 Å². The molecule has 20 heavy (non-hydrogen) atoms. The zero-order valence-corrected chi connectivity index (χ0v) is 11.0. The second-order valence-electron chi connectivity index (χ2n) is 4.15. The Bertz CT molecular complexity index is 584. The first-order valence-electron chi connectivity index (χ1n) is 6.18. The molecule has 7 nitrogen and oxygen atoms in total. The quantitative estimate of drug-likeness (QED) is 0.793. The van der Waals surface area contributed by atoms with Crippen molar-refractivity contribution in [3.8, 4) is 17.2 Å². The van der Waals surface area contributed by atoms with E-state index in [1.165, 1.54) is 0 Å². The highest BCUT2D eigenvalue weighted by atomic mass is 16.7. The van der Waals surface area contributed by atoms with Crippen LogP contribution < -0.4 is 14.2 Å². The number of hydrogen-bond acceptors (Lipinski definition) is 7. The second-order valence-corrected chi connectivity index (χ2v) is 4.15. The third kappa shape index (κ3) is 2.83. The van der Waals surface area contributed by atoms with Gasteiger partial charge in [0.2, 0.25) is 6.79 Å². The molecular weight excluding hydrogens is 264 g/mol. The topological polar surface area (TPSA) is 75.8 Å². The molecule has 1 aromatic heterocycles. The Morgan fingerprint density at radius 1 is 1.25 bits per heavy atom. The normalized spacial score (nSPS) is 12.7. The SMILES string of the molecule is COCCc1noc(COc2ccc3c(c2)OCO3)n1. The van der Waals surface area contributed by atoms with Gasteiger partial charge in [0.05, 0.1) is 6.61 Å². The molecule has 0 unspecified atom stereocenters. The van der Waals surface area contributed by atoms with Crippen LogP contribution in [0.5, 0.6) is 17.2 Å². The van der Waals surface area contributed by atoms with Crippen LogP contribution >= 0.6 is 0 Å². The van der Waals surface area contributed by atoms with Crippen molar-refractivity contribution in [2.24, 2.45) is 0 Å². The van der Waals surface area contributed by atoms with E-state index in [-0.39, 0.29) is 13.4 Å². The molecule has 3 rings (SSSR count). The number of ether oxygens (including phenoxy) is 4. The molecule has 0 atom stereocenters. The van der Waals surface area contributed by atoms with Gasteiger partial charge >= 0.3 is 0 Å². The molecule has 0 N–H and O–H groups in total. The van der Waals surface area contributed by atoms with E-state index in [2.05, 4.69) is 10.1 Å². The summed E-state index contributed by atoms with van der Waals surface area (Å²) in [7, 11) is 1.63. The first kappa shape index (κ1) is 12.7. The van der Waals surface area contributed by atoms with Crippen molar-refractivity contribution in [1.29, 1.82) is 0 Å². The Morgan fingerprint density at radius 3 is 3.05 bits per heavy atom. The molecule has 2 aromatic rings. The van der Waals surface area contributed by atoms with Gasteiger partial charge in [-0.05, 0) is 12.1 Å². The fourth-order valence-electron chi connectivity index (χ4n) is 1.76. The van der Waals surface area contributed by atoms with Gasteiger partial charge in [-0.3, -0.25) is 0 Å². The highest BCUT2D eigenvalue weighted by Gasteiger charge is 2.14. The molecule has 7 heteroatoms. The second kappa shape index (κ2) is 5.79. The Kier molecular flexibility index (Phi) is 3.69. The van der Waals surface area contributed by atoms with Gasteiger partial charge in [0.15, 0.2) is 23.9 Å². The maximum Gasteiger partial charge on any atom is 0.264 e. The van der Waals surface area contributed by atoms with Gasteiger partial charge in [-0.15, -0.1) is 0 Å². The molecule has 0 bridgehead atoms. The van der Waals surface area contributed by atoms with E-state index in [4.69, 9.17) is 23.5 Å². The minimum Gasteiger partial charge on any atom is -0.484 e. The van der Waals surface area contributed by atoms with Crippen molar-refractivity contribution in [1.82, 2.24) is 10.1 Å². The Hall–Kier alpha value is -2.28. The van der Waals surface area contributed by atoms with E-state index in [1.807, 2.05) is 0 Å². The number of hydrogen-bond donors (Lipinski definition) is 0. The fourth-order valence-corrected chi connectivity index (χ4v) is 1.76. The minimum atomic E-state index is 0.208. The van der Waals surface area contributed by atoms with Crippen LogP contribution in [-0.4, -0.2) is 30.7 Å². The molecule has 0 fully saturated rings. The Balaban J connectivity index is 1.57. The summed E-state index contributed by atoms with van der Waals surface area (Å²) >= 11 is 0. The lowest BCUT2D eigenvalue weighted by Gasteiger charge is -2.03. The Labute approximate surface area is 115 Å². The van der Waals surface area contributed by atoms with Crippen LogP contribution in [-0.2, 0) is 17.8 Å². The number of benzene rings is 1. The number of rotatable bonds is 6. The zero-order chi connectivity index (χ0) is 13.8. The van der Waals surface area contributed by atoms with Crippen LogP contribution in [0.25, 0.3) is 0 Å². The smallest absolute Gasteiger partial charge is 0.264 e. The molecule has 1 aliphatic rings. The summed E-state index contributed by atoms with van der Waals surface area (Å²) in [6.45, 7) is 1.01. The van der Waals surface area contributed by atoms with Crippen LogP contribution in [0.2, 0.25) is 0 Å². The molecule has 0 spiro atoms. The standard InChI is InChI=1S/C13H14N2O5/c1-16-5-4-12-14-13(20-15-12)7-17-9-2-3-10-11(6-9)19-8-18-10/h2-3,6H,4-5,7-8H2,1H3. The highest BCUT2D eigenvalue weighted by Crippen LogP contribution is 2.35. The molecule has 2 heterocycles. The summed E-state index contributed by atoms with van der Waals surface area (Å²) in [5.41, 5.74) is 0. The zero-order valence-electron chi connectivity index (χ0n) is 11.0. The molecule has 0 aliphatic carbocycles. The summed E-state index contributed by atoms with van der Waals surface area (Å²) in [4.78, 5) is 4.20. The monoisotopic (exact) mass is 278 g/mol. The predicted octanol–water partition coefficient (Wildman–Crippen LogP) is 1.57. The summed E-state index contributed by atoms with van der Waals surface area (Å²) in [5, 5.41) is 3.83. The number of methoxy groups -OCH3 is 1. The fraction of sp³-hybridized carbons (Fsp3) is 0.385. The summed E-state index contributed by atoms with van der Waals surface area (Å²) in [6.07, 6.45) is 0.615. The van der Waals surface area contributed by atoms with Crippen LogP contribution in [0, 0.1) is 0 Å². The lowest BCUT2D eigenvalue weighted by atomic mass is 10.3. The van der Waals surface area contributed by atoms with Crippen LogP contribution in [0.1, 0.15) is 11.7 Å². The average Bonchev–Trinajstić information content (AvgIpc) is 3.11. The molecule has 0 amide bonds. The van der Waals surface area contributed by atoms with Gasteiger partial charge in [0, 0.05) is 19.6 Å². The lowest BCUT2D eigenvalue weighted by molar-refractivity contribution is 0.173. The van der Waals surface area contributed by atoms with Crippen molar-refractivity contribution in [2.75, 3.05) is 20.5 Å². The van der Waals surface area contributed by atoms with Crippen LogP contribution in [0.15, 0.2) is 22.7 Å². The summed E-state index contributed by atoms with van der Waals surface area (Å²) in [5.74, 6) is 3.08. The van der Waals surface area contributed by atoms with E-state index in [0.29, 0.717) is 36.2 Å². The molecular formula is C13H14N2O5. The first-order chi connectivity index (χ1) is 9.85. The number of aromatic nitrogens is 2. The van der Waals surface area contributed by atoms with E-state index in [1.54, 1.807) is 25.3 Å². The summed E-state index contributed by atoms with van der Waals surface area (Å²) < 4.78 is 26.1. The first-order valence-corrected chi connectivity index (χ1v) is 6.18. The van der Waals surface area contributed by atoms with E-state index < -0.39 is 0 Å². The van der Waals surface area contributed by atoms with Gasteiger partial charge in [-0.1, -0.05) is 5.16 Å². The van der Waals surface area contributed by atoms with Crippen molar-refractivity contribution < 1.29 is 23.5 Å². The molecule has 1 aliphatic heterocycles. The molecule has 0 radical (unpaired) electrons. The molecule has 106 valence electrons. The minimum absolute atomic E-state index is 0.208. The highest BCUT2D eigenvalue weighted by molar-refractivity contribution is 5.46. The Morgan fingerprint density at radius 2 is 2.15 bits per heavy atom. The van der Waals surface area contributed by atoms with Gasteiger partial charge in [-0.25, -0.2) is 0 Å². The van der Waals surface area contributed by atoms with Crippen molar-refractivity contribution in [2.45, 2.75) is 13.0 Å². The van der Waals surface area contributed by atoms with Gasteiger partial charge in [0.25, 0.3) is 5.89 Å². The van der Waals surface area contributed by atoms with Crippen LogP contribution in [0.3, 0.4) is 0 Å². The lowest BCUT2D eigenvalue weighted by Crippen LogP contribution is -1.98. The van der Waals surface area contributed by atoms with E-state index in [0.717, 1.165) is 5.75 Å².